The van der Waals surface area contributed by atoms with Gasteiger partial charge in [0, 0.05) is 17.6 Å². The molecule has 1 amide bonds. The number of rotatable bonds is 3. The summed E-state index contributed by atoms with van der Waals surface area (Å²) in [5.74, 6) is 0.408. The lowest BCUT2D eigenvalue weighted by Crippen LogP contribution is -2.49. The number of hydrogen-bond donors (Lipinski definition) is 2. The molecule has 0 aliphatic rings. The Kier molecular flexibility index (Phi) is 3.14. The van der Waals surface area contributed by atoms with Gasteiger partial charge in [-0.25, -0.2) is 0 Å². The fourth-order valence-corrected chi connectivity index (χ4v) is 1.05. The van der Waals surface area contributed by atoms with Crippen LogP contribution in [0.3, 0.4) is 0 Å². The second-order valence-electron chi connectivity index (χ2n) is 4.25. The number of hydrogen-bond acceptors (Lipinski definition) is 4. The van der Waals surface area contributed by atoms with E-state index in [0.29, 0.717) is 18.0 Å². The van der Waals surface area contributed by atoms with Gasteiger partial charge in [0.2, 0.25) is 0 Å². The summed E-state index contributed by atoms with van der Waals surface area (Å²) < 4.78 is 4.92. The van der Waals surface area contributed by atoms with Crippen molar-refractivity contribution < 1.29 is 9.32 Å². The molecule has 0 unspecified atom stereocenters. The van der Waals surface area contributed by atoms with Crippen molar-refractivity contribution in [2.75, 3.05) is 6.54 Å². The Morgan fingerprint density at radius 3 is 2.53 bits per heavy atom. The Balaban J connectivity index is 2.83. The van der Waals surface area contributed by atoms with Crippen LogP contribution in [0.1, 0.15) is 35.7 Å². The van der Waals surface area contributed by atoms with Crippen molar-refractivity contribution in [3.8, 4) is 0 Å². The zero-order valence-electron chi connectivity index (χ0n) is 9.55. The highest BCUT2D eigenvalue weighted by Crippen LogP contribution is 2.12. The number of aryl methyl sites for hydroxylation is 1. The van der Waals surface area contributed by atoms with Gasteiger partial charge in [0.1, 0.15) is 5.76 Å². The molecule has 0 aliphatic heterocycles. The fourth-order valence-electron chi connectivity index (χ4n) is 1.05. The van der Waals surface area contributed by atoms with Gasteiger partial charge < -0.3 is 15.6 Å². The van der Waals surface area contributed by atoms with E-state index in [1.165, 1.54) is 0 Å². The normalized spacial score (nSPS) is 11.5. The van der Waals surface area contributed by atoms with E-state index < -0.39 is 5.54 Å². The Labute approximate surface area is 89.0 Å². The molecule has 5 nitrogen and oxygen atoms in total. The van der Waals surface area contributed by atoms with Crippen molar-refractivity contribution in [2.45, 2.75) is 33.2 Å². The average molecular weight is 211 g/mol. The summed E-state index contributed by atoms with van der Waals surface area (Å²) in [6.45, 7) is 7.65. The monoisotopic (exact) mass is 211 g/mol. The molecular formula is C10H17N3O2. The van der Waals surface area contributed by atoms with Gasteiger partial charge in [0.15, 0.2) is 5.69 Å². The van der Waals surface area contributed by atoms with Crippen LogP contribution in [0.2, 0.25) is 0 Å². The summed E-state index contributed by atoms with van der Waals surface area (Å²) in [6.07, 6.45) is 0. The highest BCUT2D eigenvalue weighted by molar-refractivity contribution is 5.94. The fraction of sp³-hybridized carbons (Fsp3) is 0.600. The van der Waals surface area contributed by atoms with Gasteiger partial charge in [-0.3, -0.25) is 4.79 Å². The summed E-state index contributed by atoms with van der Waals surface area (Å²) in [6, 6.07) is 0. The van der Waals surface area contributed by atoms with E-state index in [1.54, 1.807) is 13.8 Å². The number of nitrogens with zero attached hydrogens (tertiary/aromatic N) is 1. The number of carbonyl (C=O) groups is 1. The van der Waals surface area contributed by atoms with E-state index in [1.807, 2.05) is 13.8 Å². The number of amides is 1. The van der Waals surface area contributed by atoms with Crippen LogP contribution in [0.25, 0.3) is 0 Å². The number of nitrogens with one attached hydrogen (secondary N) is 1. The maximum atomic E-state index is 11.8. The first-order valence-corrected chi connectivity index (χ1v) is 4.83. The molecule has 0 aromatic carbocycles. The molecular weight excluding hydrogens is 194 g/mol. The predicted octanol–water partition coefficient (Wildman–Crippen LogP) is 0.759. The van der Waals surface area contributed by atoms with Crippen molar-refractivity contribution in [1.29, 1.82) is 0 Å². The third-order valence-electron chi connectivity index (χ3n) is 2.33. The summed E-state index contributed by atoms with van der Waals surface area (Å²) in [7, 11) is 0. The molecule has 1 aromatic heterocycles. The Hall–Kier alpha value is -1.36. The van der Waals surface area contributed by atoms with Crippen LogP contribution >= 0.6 is 0 Å². The molecule has 0 aliphatic carbocycles. The molecule has 3 N–H and O–H groups in total. The van der Waals surface area contributed by atoms with Gasteiger partial charge >= 0.3 is 0 Å². The first kappa shape index (κ1) is 11.7. The van der Waals surface area contributed by atoms with Crippen molar-refractivity contribution in [1.82, 2.24) is 10.5 Å². The van der Waals surface area contributed by atoms with Crippen LogP contribution in [0.15, 0.2) is 4.52 Å². The van der Waals surface area contributed by atoms with Crippen molar-refractivity contribution in [3.05, 3.63) is 17.0 Å². The van der Waals surface area contributed by atoms with E-state index in [0.717, 1.165) is 5.56 Å². The molecule has 15 heavy (non-hydrogen) atoms. The Morgan fingerprint density at radius 1 is 1.53 bits per heavy atom. The molecule has 0 fully saturated rings. The van der Waals surface area contributed by atoms with E-state index in [2.05, 4.69) is 10.5 Å². The molecule has 0 radical (unpaired) electrons. The molecule has 5 heteroatoms. The number of nitrogens with two attached hydrogens (primary N) is 1. The molecule has 0 saturated heterocycles. The van der Waals surface area contributed by atoms with E-state index in [4.69, 9.17) is 10.3 Å². The van der Waals surface area contributed by atoms with Gasteiger partial charge in [0.25, 0.3) is 5.91 Å². The van der Waals surface area contributed by atoms with Crippen LogP contribution < -0.4 is 11.1 Å². The molecule has 0 bridgehead atoms. The molecule has 0 atom stereocenters. The van der Waals surface area contributed by atoms with Crippen LogP contribution in [0.5, 0.6) is 0 Å². The van der Waals surface area contributed by atoms with Crippen molar-refractivity contribution in [2.24, 2.45) is 5.73 Å². The Bertz CT molecular complexity index is 369. The summed E-state index contributed by atoms with van der Waals surface area (Å²) >= 11 is 0. The van der Waals surface area contributed by atoms with E-state index in [9.17, 15) is 4.79 Å². The molecule has 1 heterocycles. The zero-order valence-corrected chi connectivity index (χ0v) is 9.55. The summed E-state index contributed by atoms with van der Waals surface area (Å²) in [5, 5.41) is 6.50. The SMILES string of the molecule is Cc1onc(C(=O)NC(C)(C)CN)c1C. The second-order valence-corrected chi connectivity index (χ2v) is 4.25. The number of carbonyl (C=O) groups excluding carboxylic acids is 1. The highest BCUT2D eigenvalue weighted by Gasteiger charge is 2.23. The minimum absolute atomic E-state index is 0.250. The minimum atomic E-state index is -0.434. The minimum Gasteiger partial charge on any atom is -0.361 e. The van der Waals surface area contributed by atoms with Crippen LogP contribution in [-0.2, 0) is 0 Å². The lowest BCUT2D eigenvalue weighted by Gasteiger charge is -2.23. The Morgan fingerprint density at radius 2 is 2.13 bits per heavy atom. The van der Waals surface area contributed by atoms with Crippen LogP contribution in [0, 0.1) is 13.8 Å². The predicted molar refractivity (Wildman–Crippen MR) is 56.6 cm³/mol. The first-order valence-electron chi connectivity index (χ1n) is 4.83. The van der Waals surface area contributed by atoms with Gasteiger partial charge in [-0.15, -0.1) is 0 Å². The van der Waals surface area contributed by atoms with Crippen molar-refractivity contribution >= 4 is 5.91 Å². The third-order valence-corrected chi connectivity index (χ3v) is 2.33. The smallest absolute Gasteiger partial charge is 0.274 e. The first-order chi connectivity index (χ1) is 6.87. The summed E-state index contributed by atoms with van der Waals surface area (Å²) in [4.78, 5) is 11.8. The largest absolute Gasteiger partial charge is 0.361 e. The van der Waals surface area contributed by atoms with Gasteiger partial charge in [-0.2, -0.15) is 0 Å². The highest BCUT2D eigenvalue weighted by atomic mass is 16.5. The average Bonchev–Trinajstić information content (AvgIpc) is 2.47. The van der Waals surface area contributed by atoms with Crippen LogP contribution in [-0.4, -0.2) is 23.1 Å². The lowest BCUT2D eigenvalue weighted by molar-refractivity contribution is 0.0906. The summed E-state index contributed by atoms with van der Waals surface area (Å²) in [5.41, 5.74) is 6.18. The van der Waals surface area contributed by atoms with Gasteiger partial charge in [0.05, 0.1) is 0 Å². The lowest BCUT2D eigenvalue weighted by atomic mass is 10.1. The standard InChI is InChI=1S/C10H17N3O2/c1-6-7(2)15-13-8(6)9(14)12-10(3,4)5-11/h5,11H2,1-4H3,(H,12,14). The molecule has 0 saturated carbocycles. The molecule has 84 valence electrons. The number of aromatic nitrogens is 1. The van der Waals surface area contributed by atoms with Crippen molar-refractivity contribution in [3.63, 3.8) is 0 Å². The van der Waals surface area contributed by atoms with Gasteiger partial charge in [-0.1, -0.05) is 5.16 Å². The van der Waals surface area contributed by atoms with E-state index >= 15 is 0 Å². The maximum absolute atomic E-state index is 11.8. The second kappa shape index (κ2) is 4.02. The molecule has 0 spiro atoms. The zero-order chi connectivity index (χ0) is 11.6. The quantitative estimate of drug-likeness (QED) is 0.773. The van der Waals surface area contributed by atoms with E-state index in [-0.39, 0.29) is 5.91 Å². The third kappa shape index (κ3) is 2.56. The maximum Gasteiger partial charge on any atom is 0.274 e. The van der Waals surface area contributed by atoms with Gasteiger partial charge in [-0.05, 0) is 27.7 Å². The van der Waals surface area contributed by atoms with Crippen LogP contribution in [0.4, 0.5) is 0 Å². The topological polar surface area (TPSA) is 81.2 Å². The molecule has 1 aromatic rings. The molecule has 1 rings (SSSR count).